The number of anilines is 1. The van der Waals surface area contributed by atoms with Crippen LogP contribution in [0.2, 0.25) is 0 Å². The summed E-state index contributed by atoms with van der Waals surface area (Å²) in [7, 11) is 0. The predicted octanol–water partition coefficient (Wildman–Crippen LogP) is 1.39. The molecule has 1 aromatic carbocycles. The molecule has 0 atom stereocenters. The number of carbonyl (C=O) groups excluding carboxylic acids is 2. The fourth-order valence-electron chi connectivity index (χ4n) is 1.66. The lowest BCUT2D eigenvalue weighted by Gasteiger charge is -2.22. The predicted molar refractivity (Wildman–Crippen MR) is 78.3 cm³/mol. The first-order valence-electron chi connectivity index (χ1n) is 6.28. The zero-order valence-corrected chi connectivity index (χ0v) is 12.4. The van der Waals surface area contributed by atoms with Crippen LogP contribution in [0.4, 0.5) is 10.5 Å². The Hall–Kier alpha value is -2.57. The second-order valence-electron chi connectivity index (χ2n) is 5.34. The highest BCUT2D eigenvalue weighted by atomic mass is 16.4. The van der Waals surface area contributed by atoms with Crippen molar-refractivity contribution in [2.75, 3.05) is 5.32 Å². The summed E-state index contributed by atoms with van der Waals surface area (Å²) in [6, 6.07) is 2.37. The Morgan fingerprint density at radius 2 is 1.76 bits per heavy atom. The molecule has 0 saturated carbocycles. The van der Waals surface area contributed by atoms with Crippen molar-refractivity contribution in [3.8, 4) is 0 Å². The summed E-state index contributed by atoms with van der Waals surface area (Å²) in [5.74, 6) is -1.75. The molecule has 0 spiro atoms. The molecule has 0 aromatic heterocycles. The Morgan fingerprint density at radius 3 is 2.24 bits per heavy atom. The van der Waals surface area contributed by atoms with E-state index in [4.69, 9.17) is 10.8 Å². The van der Waals surface area contributed by atoms with Gasteiger partial charge in [-0.15, -0.1) is 0 Å². The van der Waals surface area contributed by atoms with Crippen molar-refractivity contribution >= 4 is 23.6 Å². The van der Waals surface area contributed by atoms with Crippen molar-refractivity contribution in [1.29, 1.82) is 0 Å². The molecule has 0 aliphatic rings. The van der Waals surface area contributed by atoms with Gasteiger partial charge in [0, 0.05) is 5.69 Å². The van der Waals surface area contributed by atoms with Gasteiger partial charge in [-0.05, 0) is 51.0 Å². The van der Waals surface area contributed by atoms with E-state index in [-0.39, 0.29) is 5.56 Å². The maximum absolute atomic E-state index is 11.8. The smallest absolute Gasteiger partial charge is 0.336 e. The van der Waals surface area contributed by atoms with E-state index < -0.39 is 23.4 Å². The average molecular weight is 293 g/mol. The Labute approximate surface area is 122 Å². The molecule has 114 valence electrons. The van der Waals surface area contributed by atoms with Gasteiger partial charge in [0.25, 0.3) is 0 Å². The summed E-state index contributed by atoms with van der Waals surface area (Å²) < 4.78 is 0. The summed E-state index contributed by atoms with van der Waals surface area (Å²) in [6.45, 7) is 6.38. The highest BCUT2D eigenvalue weighted by Gasteiger charge is 2.27. The molecule has 0 saturated heterocycles. The van der Waals surface area contributed by atoms with Crippen LogP contribution in [0.3, 0.4) is 0 Å². The van der Waals surface area contributed by atoms with Crippen LogP contribution in [0.5, 0.6) is 0 Å². The normalized spacial score (nSPS) is 10.9. The minimum Gasteiger partial charge on any atom is -0.478 e. The molecule has 0 fully saturated rings. The fraction of sp³-hybridized carbons (Fsp3) is 0.357. The average Bonchev–Trinajstić information content (AvgIpc) is 2.32. The van der Waals surface area contributed by atoms with E-state index in [2.05, 4.69) is 10.6 Å². The molecule has 0 aliphatic heterocycles. The molecular weight excluding hydrogens is 274 g/mol. The Balaban J connectivity index is 2.96. The molecule has 0 bridgehead atoms. The minimum atomic E-state index is -1.21. The molecule has 0 heterocycles. The quantitative estimate of drug-likeness (QED) is 0.670. The van der Waals surface area contributed by atoms with Crippen LogP contribution in [0.25, 0.3) is 0 Å². The third kappa shape index (κ3) is 3.95. The van der Waals surface area contributed by atoms with Crippen molar-refractivity contribution in [2.24, 2.45) is 5.73 Å². The largest absolute Gasteiger partial charge is 0.478 e. The molecule has 21 heavy (non-hydrogen) atoms. The maximum Gasteiger partial charge on any atom is 0.336 e. The van der Waals surface area contributed by atoms with E-state index in [9.17, 15) is 14.4 Å². The SMILES string of the molecule is Cc1cc(NC(=O)NC(C)(C)C(N)=O)cc(C(=O)O)c1C. The second-order valence-corrected chi connectivity index (χ2v) is 5.34. The first-order chi connectivity index (χ1) is 9.54. The van der Waals surface area contributed by atoms with E-state index >= 15 is 0 Å². The van der Waals surface area contributed by atoms with Crippen molar-refractivity contribution < 1.29 is 19.5 Å². The number of nitrogens with one attached hydrogen (secondary N) is 2. The van der Waals surface area contributed by atoms with Crippen LogP contribution >= 0.6 is 0 Å². The maximum atomic E-state index is 11.8. The van der Waals surface area contributed by atoms with E-state index in [0.29, 0.717) is 11.3 Å². The van der Waals surface area contributed by atoms with E-state index in [1.54, 1.807) is 19.9 Å². The zero-order chi connectivity index (χ0) is 16.4. The minimum absolute atomic E-state index is 0.111. The number of urea groups is 1. The lowest BCUT2D eigenvalue weighted by molar-refractivity contribution is -0.122. The third-order valence-electron chi connectivity index (χ3n) is 3.20. The van der Waals surface area contributed by atoms with Gasteiger partial charge in [0.15, 0.2) is 0 Å². The third-order valence-corrected chi connectivity index (χ3v) is 3.20. The lowest BCUT2D eigenvalue weighted by atomic mass is 10.0. The van der Waals surface area contributed by atoms with Crippen molar-refractivity contribution in [2.45, 2.75) is 33.2 Å². The summed E-state index contributed by atoms with van der Waals surface area (Å²) in [4.78, 5) is 34.1. The Bertz CT molecular complexity index is 608. The zero-order valence-electron chi connectivity index (χ0n) is 12.4. The molecule has 7 heteroatoms. The van der Waals surface area contributed by atoms with Gasteiger partial charge < -0.3 is 21.5 Å². The van der Waals surface area contributed by atoms with Gasteiger partial charge in [-0.3, -0.25) is 4.79 Å². The van der Waals surface area contributed by atoms with Gasteiger partial charge in [0.05, 0.1) is 5.56 Å². The van der Waals surface area contributed by atoms with Gasteiger partial charge in [-0.25, -0.2) is 9.59 Å². The van der Waals surface area contributed by atoms with Crippen LogP contribution < -0.4 is 16.4 Å². The first kappa shape index (κ1) is 16.5. The van der Waals surface area contributed by atoms with Crippen molar-refractivity contribution in [1.82, 2.24) is 5.32 Å². The van der Waals surface area contributed by atoms with E-state index in [1.165, 1.54) is 19.9 Å². The number of primary amides is 1. The van der Waals surface area contributed by atoms with Crippen molar-refractivity contribution in [3.63, 3.8) is 0 Å². The topological polar surface area (TPSA) is 122 Å². The number of rotatable bonds is 4. The molecule has 5 N–H and O–H groups in total. The van der Waals surface area contributed by atoms with Gasteiger partial charge in [0.1, 0.15) is 5.54 Å². The summed E-state index contributed by atoms with van der Waals surface area (Å²) in [5.41, 5.74) is 5.76. The number of benzene rings is 1. The van der Waals surface area contributed by atoms with Crippen LogP contribution in [-0.2, 0) is 4.79 Å². The number of carboxylic acid groups (broad SMARTS) is 1. The standard InChI is InChI=1S/C14H19N3O4/c1-7-5-9(6-10(8(7)2)11(18)19)16-13(21)17-14(3,4)12(15)20/h5-6H,1-4H3,(H2,15,20)(H,18,19)(H2,16,17,21). The highest BCUT2D eigenvalue weighted by Crippen LogP contribution is 2.20. The Morgan fingerprint density at radius 1 is 1.19 bits per heavy atom. The van der Waals surface area contributed by atoms with E-state index in [1.807, 2.05) is 0 Å². The molecule has 7 nitrogen and oxygen atoms in total. The molecule has 1 rings (SSSR count). The summed E-state index contributed by atoms with van der Waals surface area (Å²) >= 11 is 0. The number of amides is 3. The second kappa shape index (κ2) is 5.82. The van der Waals surface area contributed by atoms with Crippen molar-refractivity contribution in [3.05, 3.63) is 28.8 Å². The number of aromatic carboxylic acids is 1. The fourth-order valence-corrected chi connectivity index (χ4v) is 1.66. The molecule has 0 radical (unpaired) electrons. The molecule has 1 aromatic rings. The molecule has 3 amide bonds. The van der Waals surface area contributed by atoms with Crippen LogP contribution in [0.15, 0.2) is 12.1 Å². The highest BCUT2D eigenvalue weighted by molar-refractivity contribution is 5.97. The number of nitrogens with two attached hydrogens (primary N) is 1. The van der Waals surface area contributed by atoms with Crippen LogP contribution in [0.1, 0.15) is 35.3 Å². The van der Waals surface area contributed by atoms with Gasteiger partial charge in [-0.2, -0.15) is 0 Å². The first-order valence-corrected chi connectivity index (χ1v) is 6.28. The number of carboxylic acids is 1. The van der Waals surface area contributed by atoms with Gasteiger partial charge in [0.2, 0.25) is 5.91 Å². The molecular formula is C14H19N3O4. The van der Waals surface area contributed by atoms with E-state index in [0.717, 1.165) is 5.56 Å². The monoisotopic (exact) mass is 293 g/mol. The molecule has 0 aliphatic carbocycles. The number of hydrogen-bond donors (Lipinski definition) is 4. The number of carbonyl (C=O) groups is 3. The molecule has 0 unspecified atom stereocenters. The number of hydrogen-bond acceptors (Lipinski definition) is 3. The lowest BCUT2D eigenvalue weighted by Crippen LogP contribution is -2.54. The van der Waals surface area contributed by atoms with Crippen LogP contribution in [0, 0.1) is 13.8 Å². The van der Waals surface area contributed by atoms with Gasteiger partial charge >= 0.3 is 12.0 Å². The van der Waals surface area contributed by atoms with Crippen LogP contribution in [-0.4, -0.2) is 28.6 Å². The van der Waals surface area contributed by atoms with Gasteiger partial charge in [-0.1, -0.05) is 0 Å². The summed E-state index contributed by atoms with van der Waals surface area (Å²) in [5, 5.41) is 14.0. The Kier molecular flexibility index (Phi) is 4.57. The number of aryl methyl sites for hydroxylation is 1. The summed E-state index contributed by atoms with van der Waals surface area (Å²) in [6.07, 6.45) is 0.